The van der Waals surface area contributed by atoms with Crippen molar-refractivity contribution in [1.82, 2.24) is 15.5 Å². The fraction of sp³-hybridized carbons (Fsp3) is 1.00. The van der Waals surface area contributed by atoms with E-state index in [0.29, 0.717) is 0 Å². The van der Waals surface area contributed by atoms with Gasteiger partial charge in [0.25, 0.3) is 0 Å². The summed E-state index contributed by atoms with van der Waals surface area (Å²) in [6.07, 6.45) is 5.50. The van der Waals surface area contributed by atoms with E-state index in [-0.39, 0.29) is 0 Å². The maximum Gasteiger partial charge on any atom is 0.0204 e. The van der Waals surface area contributed by atoms with Gasteiger partial charge in [-0.1, -0.05) is 0 Å². The molecule has 2 fully saturated rings. The van der Waals surface area contributed by atoms with Crippen molar-refractivity contribution < 1.29 is 0 Å². The predicted octanol–water partition coefficient (Wildman–Crippen LogP) is 0.670. The first kappa shape index (κ1) is 11.4. The molecule has 0 amide bonds. The summed E-state index contributed by atoms with van der Waals surface area (Å²) in [7, 11) is 2.23. The average Bonchev–Trinajstić information content (AvgIpc) is 2.74. The van der Waals surface area contributed by atoms with Crippen molar-refractivity contribution in [1.29, 1.82) is 0 Å². The topological polar surface area (TPSA) is 27.3 Å². The number of hydrogen-bond donors (Lipinski definition) is 2. The molecule has 3 heteroatoms. The minimum atomic E-state index is 0.747. The Kier molecular flexibility index (Phi) is 4.42. The number of piperidine rings is 1. The summed E-state index contributed by atoms with van der Waals surface area (Å²) in [5, 5.41) is 7.06. The van der Waals surface area contributed by atoms with Gasteiger partial charge in [0.15, 0.2) is 0 Å². The Bertz CT molecular complexity index is 170. The Labute approximate surface area is 93.6 Å². The lowest BCUT2D eigenvalue weighted by Crippen LogP contribution is -2.35. The molecule has 0 bridgehead atoms. The zero-order valence-electron chi connectivity index (χ0n) is 9.97. The van der Waals surface area contributed by atoms with Gasteiger partial charge in [0.05, 0.1) is 0 Å². The zero-order chi connectivity index (χ0) is 10.5. The van der Waals surface area contributed by atoms with Crippen LogP contribution in [0.15, 0.2) is 0 Å². The van der Waals surface area contributed by atoms with Crippen LogP contribution in [-0.4, -0.2) is 50.7 Å². The molecule has 1 unspecified atom stereocenters. The van der Waals surface area contributed by atoms with E-state index in [2.05, 4.69) is 22.6 Å². The molecule has 0 aromatic heterocycles. The second-order valence-electron chi connectivity index (χ2n) is 5.18. The van der Waals surface area contributed by atoms with Crippen LogP contribution in [0.5, 0.6) is 0 Å². The fourth-order valence-corrected chi connectivity index (χ4v) is 2.67. The molecule has 2 rings (SSSR count). The molecule has 0 radical (unpaired) electrons. The average molecular weight is 211 g/mol. The summed E-state index contributed by atoms with van der Waals surface area (Å²) in [4.78, 5) is 2.45. The van der Waals surface area contributed by atoms with E-state index in [1.807, 2.05) is 0 Å². The first-order valence-electron chi connectivity index (χ1n) is 6.47. The molecule has 0 saturated carbocycles. The van der Waals surface area contributed by atoms with Crippen molar-refractivity contribution in [2.45, 2.75) is 31.7 Å². The third-order valence-corrected chi connectivity index (χ3v) is 3.88. The molecule has 2 aliphatic heterocycles. The zero-order valence-corrected chi connectivity index (χ0v) is 9.97. The van der Waals surface area contributed by atoms with Crippen LogP contribution in [0, 0.1) is 5.92 Å². The number of likely N-dealkylation sites (tertiary alicyclic amines) is 1. The second-order valence-corrected chi connectivity index (χ2v) is 5.18. The van der Waals surface area contributed by atoms with Gasteiger partial charge >= 0.3 is 0 Å². The van der Waals surface area contributed by atoms with E-state index in [1.54, 1.807) is 0 Å². The van der Waals surface area contributed by atoms with Crippen molar-refractivity contribution >= 4 is 0 Å². The van der Waals surface area contributed by atoms with Gasteiger partial charge in [0.2, 0.25) is 0 Å². The molecular formula is C12H25N3. The molecule has 0 aliphatic carbocycles. The van der Waals surface area contributed by atoms with Gasteiger partial charge in [-0.15, -0.1) is 0 Å². The summed E-state index contributed by atoms with van der Waals surface area (Å²) in [6.45, 7) is 6.20. The van der Waals surface area contributed by atoms with Crippen LogP contribution in [0.3, 0.4) is 0 Å². The monoisotopic (exact) mass is 211 g/mol. The first-order chi connectivity index (χ1) is 7.34. The van der Waals surface area contributed by atoms with E-state index >= 15 is 0 Å². The van der Waals surface area contributed by atoms with Crippen molar-refractivity contribution in [3.8, 4) is 0 Å². The second kappa shape index (κ2) is 5.83. The van der Waals surface area contributed by atoms with Gasteiger partial charge in [0.1, 0.15) is 0 Å². The van der Waals surface area contributed by atoms with E-state index in [1.165, 1.54) is 58.4 Å². The molecule has 1 atom stereocenters. The molecule has 0 aromatic rings. The summed E-state index contributed by atoms with van der Waals surface area (Å²) < 4.78 is 0. The highest BCUT2D eigenvalue weighted by Gasteiger charge is 2.17. The smallest absolute Gasteiger partial charge is 0.0204 e. The van der Waals surface area contributed by atoms with Gasteiger partial charge in [0, 0.05) is 12.6 Å². The number of rotatable bonds is 4. The fourth-order valence-electron chi connectivity index (χ4n) is 2.67. The highest BCUT2D eigenvalue weighted by molar-refractivity contribution is 4.78. The quantitative estimate of drug-likeness (QED) is 0.716. The summed E-state index contributed by atoms with van der Waals surface area (Å²) >= 11 is 0. The Morgan fingerprint density at radius 3 is 2.73 bits per heavy atom. The molecule has 88 valence electrons. The number of hydrogen-bond acceptors (Lipinski definition) is 3. The van der Waals surface area contributed by atoms with E-state index in [9.17, 15) is 0 Å². The highest BCUT2D eigenvalue weighted by atomic mass is 15.1. The molecule has 2 saturated heterocycles. The third-order valence-electron chi connectivity index (χ3n) is 3.88. The molecule has 15 heavy (non-hydrogen) atoms. The molecule has 3 nitrogen and oxygen atoms in total. The van der Waals surface area contributed by atoms with Crippen molar-refractivity contribution in [2.24, 2.45) is 5.92 Å². The largest absolute Gasteiger partial charge is 0.315 e. The Balaban J connectivity index is 1.53. The highest BCUT2D eigenvalue weighted by Crippen LogP contribution is 2.18. The lowest BCUT2D eigenvalue weighted by molar-refractivity contribution is 0.210. The lowest BCUT2D eigenvalue weighted by Gasteiger charge is -2.29. The van der Waals surface area contributed by atoms with Crippen LogP contribution >= 0.6 is 0 Å². The SMILES string of the molecule is CN1CCC(CCNC2CCNC2)CC1. The maximum atomic E-state index is 3.66. The lowest BCUT2D eigenvalue weighted by atomic mass is 9.94. The summed E-state index contributed by atoms with van der Waals surface area (Å²) in [5.41, 5.74) is 0. The summed E-state index contributed by atoms with van der Waals surface area (Å²) in [5.74, 6) is 0.975. The van der Waals surface area contributed by atoms with Gasteiger partial charge < -0.3 is 15.5 Å². The molecule has 2 aliphatic rings. The van der Waals surface area contributed by atoms with Gasteiger partial charge in [-0.05, 0) is 64.8 Å². The van der Waals surface area contributed by atoms with Crippen LogP contribution in [0.2, 0.25) is 0 Å². The molecule has 0 aromatic carbocycles. The van der Waals surface area contributed by atoms with Crippen molar-refractivity contribution in [3.05, 3.63) is 0 Å². The Morgan fingerprint density at radius 1 is 1.27 bits per heavy atom. The van der Waals surface area contributed by atoms with E-state index < -0.39 is 0 Å². The van der Waals surface area contributed by atoms with Gasteiger partial charge in [-0.25, -0.2) is 0 Å². The Morgan fingerprint density at radius 2 is 2.07 bits per heavy atom. The van der Waals surface area contributed by atoms with Gasteiger partial charge in [-0.3, -0.25) is 0 Å². The normalized spacial score (nSPS) is 29.8. The summed E-state index contributed by atoms with van der Waals surface area (Å²) in [6, 6.07) is 0.747. The van der Waals surface area contributed by atoms with Gasteiger partial charge in [-0.2, -0.15) is 0 Å². The van der Waals surface area contributed by atoms with E-state index in [0.717, 1.165) is 12.0 Å². The van der Waals surface area contributed by atoms with Crippen LogP contribution in [0.4, 0.5) is 0 Å². The molecule has 2 heterocycles. The molecular weight excluding hydrogens is 186 g/mol. The van der Waals surface area contributed by atoms with Crippen LogP contribution in [0.25, 0.3) is 0 Å². The van der Waals surface area contributed by atoms with E-state index in [4.69, 9.17) is 0 Å². The maximum absolute atomic E-state index is 3.66. The van der Waals surface area contributed by atoms with Crippen LogP contribution in [0.1, 0.15) is 25.7 Å². The standard InChI is InChI=1S/C12H25N3/c1-15-8-4-11(5-9-15)2-7-14-12-3-6-13-10-12/h11-14H,2-10H2,1H3. The minimum Gasteiger partial charge on any atom is -0.315 e. The first-order valence-corrected chi connectivity index (χ1v) is 6.47. The number of nitrogens with zero attached hydrogens (tertiary/aromatic N) is 1. The molecule has 2 N–H and O–H groups in total. The van der Waals surface area contributed by atoms with Crippen LogP contribution < -0.4 is 10.6 Å². The minimum absolute atomic E-state index is 0.747. The van der Waals surface area contributed by atoms with Crippen LogP contribution in [-0.2, 0) is 0 Å². The van der Waals surface area contributed by atoms with Crippen molar-refractivity contribution in [2.75, 3.05) is 39.8 Å². The van der Waals surface area contributed by atoms with Crippen molar-refractivity contribution in [3.63, 3.8) is 0 Å². The predicted molar refractivity (Wildman–Crippen MR) is 64.1 cm³/mol. The third kappa shape index (κ3) is 3.74. The Hall–Kier alpha value is -0.120. The number of nitrogens with one attached hydrogen (secondary N) is 2. The molecule has 0 spiro atoms.